The number of carbonyl (C=O) groups is 2. The van der Waals surface area contributed by atoms with E-state index < -0.39 is 0 Å². The molecular weight excluding hydrogens is 1070 g/mol. The van der Waals surface area contributed by atoms with Crippen LogP contribution in [-0.4, -0.2) is 194 Å². The summed E-state index contributed by atoms with van der Waals surface area (Å²) in [5, 5.41) is 8.62. The first kappa shape index (κ1) is 76.5. The number of esters is 2. The van der Waals surface area contributed by atoms with Crippen molar-refractivity contribution in [2.45, 2.75) is 201 Å². The van der Waals surface area contributed by atoms with E-state index in [4.69, 9.17) is 76.2 Å². The Kier molecular flexibility index (Phi) is 51.6. The normalized spacial score (nSPS) is 14.1. The Bertz CT molecular complexity index is 1650. The minimum Gasteiger partial charge on any atom is -0.487 e. The summed E-state index contributed by atoms with van der Waals surface area (Å²) >= 11 is 0. The molecule has 0 amide bonds. The van der Waals surface area contributed by atoms with Crippen LogP contribution in [0.2, 0.25) is 0 Å². The van der Waals surface area contributed by atoms with E-state index in [2.05, 4.69) is 34.6 Å². The molecule has 1 N–H and O–H groups in total. The van der Waals surface area contributed by atoms with Crippen LogP contribution in [0.15, 0.2) is 0 Å². The quantitative estimate of drug-likeness (QED) is 0.0367. The van der Waals surface area contributed by atoms with Gasteiger partial charge in [0, 0.05) is 18.4 Å². The predicted molar refractivity (Wildman–Crippen MR) is 323 cm³/mol. The number of unbranched alkanes of at least 4 members (excludes halogenated alkanes) is 18. The summed E-state index contributed by atoms with van der Waals surface area (Å²) in [7, 11) is 0. The number of benzene rings is 1. The van der Waals surface area contributed by atoms with Gasteiger partial charge in [-0.1, -0.05) is 116 Å². The second kappa shape index (κ2) is 56.0. The third kappa shape index (κ3) is 43.7. The second-order valence-electron chi connectivity index (χ2n) is 21.8. The average Bonchev–Trinajstić information content (AvgIpc) is 3.23. The van der Waals surface area contributed by atoms with Crippen LogP contribution in [0.3, 0.4) is 0 Å². The average molecular weight is 1190 g/mol. The maximum Gasteiger partial charge on any atom is 0.311 e. The fourth-order valence-electron chi connectivity index (χ4n) is 9.59. The van der Waals surface area contributed by atoms with Crippen LogP contribution in [0.5, 0.6) is 11.5 Å². The highest BCUT2D eigenvalue weighted by atomic mass is 16.6. The Hall–Kier alpha value is -2.56. The van der Waals surface area contributed by atoms with Gasteiger partial charge >= 0.3 is 11.9 Å². The summed E-state index contributed by atoms with van der Waals surface area (Å²) in [4.78, 5) is 25.2. The van der Waals surface area contributed by atoms with Crippen molar-refractivity contribution in [1.82, 2.24) is 0 Å². The standard InChI is InChI=1S/C65H118O18/c1-6-7-8-9-10-11-12-13-14-15-16-19-22-25-29-65(5)30-28-60-59(4)63(57(2)58(3)64(60)83-65)82-62(68)27-24-21-18-17-20-23-26-61(67)81-56-55-80-54-53-79-52-51-78-50-49-77-48-47-76-46-45-75-44-43-74-42-41-73-40-39-72-38-37-71-36-35-70-34-33-69-32-31-66/h66H,6-56H2,1-5H3. The molecule has 0 aromatic heterocycles. The van der Waals surface area contributed by atoms with Crippen LogP contribution in [0.25, 0.3) is 0 Å². The zero-order valence-corrected chi connectivity index (χ0v) is 52.9. The molecule has 0 radical (unpaired) electrons. The summed E-state index contributed by atoms with van der Waals surface area (Å²) in [5.74, 6) is 1.34. The lowest BCUT2D eigenvalue weighted by Gasteiger charge is -2.38. The lowest BCUT2D eigenvalue weighted by molar-refractivity contribution is -0.145. The number of fused-ring (bicyclic) bond motifs is 1. The van der Waals surface area contributed by atoms with Crippen LogP contribution < -0.4 is 9.47 Å². The number of carbonyl (C=O) groups excluding carboxylic acids is 2. The summed E-state index contributed by atoms with van der Waals surface area (Å²) in [6, 6.07) is 0. The maximum atomic E-state index is 13.0. The molecule has 1 heterocycles. The van der Waals surface area contributed by atoms with Gasteiger partial charge in [0.25, 0.3) is 0 Å². The van der Waals surface area contributed by atoms with Gasteiger partial charge in [0.2, 0.25) is 0 Å². The first-order valence-corrected chi connectivity index (χ1v) is 32.4. The van der Waals surface area contributed by atoms with Crippen LogP contribution >= 0.6 is 0 Å². The minimum atomic E-state index is -0.205. The largest absolute Gasteiger partial charge is 0.487 e. The van der Waals surface area contributed by atoms with E-state index in [1.54, 1.807) is 0 Å². The van der Waals surface area contributed by atoms with E-state index in [9.17, 15) is 9.59 Å². The Labute approximate surface area is 502 Å². The van der Waals surface area contributed by atoms with Gasteiger partial charge in [0.1, 0.15) is 23.7 Å². The van der Waals surface area contributed by atoms with Crippen LogP contribution in [0, 0.1) is 20.8 Å². The summed E-state index contributed by atoms with van der Waals surface area (Å²) in [6.07, 6.45) is 28.4. The lowest BCUT2D eigenvalue weighted by Crippen LogP contribution is -2.37. The Balaban J connectivity index is 1.29. The van der Waals surface area contributed by atoms with Gasteiger partial charge < -0.3 is 76.2 Å². The summed E-state index contributed by atoms with van der Waals surface area (Å²) < 4.78 is 83.7. The van der Waals surface area contributed by atoms with Gasteiger partial charge in [-0.3, -0.25) is 9.59 Å². The van der Waals surface area contributed by atoms with E-state index in [-0.39, 0.29) is 30.8 Å². The molecule has 0 spiro atoms. The Morgan fingerprint density at radius 2 is 0.711 bits per heavy atom. The molecule has 0 fully saturated rings. The van der Waals surface area contributed by atoms with E-state index in [1.807, 2.05) is 0 Å². The third-order valence-corrected chi connectivity index (χ3v) is 14.7. The second-order valence-corrected chi connectivity index (χ2v) is 21.8. The number of hydrogen-bond donors (Lipinski definition) is 1. The molecule has 18 heteroatoms. The molecule has 1 aromatic rings. The van der Waals surface area contributed by atoms with Gasteiger partial charge in [0.05, 0.1) is 165 Å². The first-order chi connectivity index (χ1) is 40.7. The molecule has 0 aliphatic carbocycles. The molecule has 83 heavy (non-hydrogen) atoms. The van der Waals surface area contributed by atoms with Crippen molar-refractivity contribution >= 4 is 11.9 Å². The fraction of sp³-hybridized carbons (Fsp3) is 0.877. The maximum absolute atomic E-state index is 13.0. The van der Waals surface area contributed by atoms with Crippen LogP contribution in [0.1, 0.15) is 190 Å². The molecule has 0 saturated heterocycles. The van der Waals surface area contributed by atoms with Gasteiger partial charge in [0.15, 0.2) is 0 Å². The zero-order valence-electron chi connectivity index (χ0n) is 52.9. The van der Waals surface area contributed by atoms with Crippen molar-refractivity contribution in [2.75, 3.05) is 172 Å². The van der Waals surface area contributed by atoms with E-state index in [0.717, 1.165) is 80.2 Å². The zero-order chi connectivity index (χ0) is 59.8. The SMILES string of the molecule is CCCCCCCCCCCCCCCCC1(C)CCc2c(C)c(OC(=O)CCCCCCCCC(=O)OCCOCCOCCOCCOCCOCCOCCOCCOCCOCCOCCOCCOCCO)c(C)c(C)c2O1. The molecule has 1 unspecified atom stereocenters. The van der Waals surface area contributed by atoms with E-state index in [0.29, 0.717) is 177 Å². The van der Waals surface area contributed by atoms with Gasteiger partial charge in [-0.2, -0.15) is 0 Å². The smallest absolute Gasteiger partial charge is 0.311 e. The molecule has 0 bridgehead atoms. The minimum absolute atomic E-state index is 0.0177. The van der Waals surface area contributed by atoms with Crippen molar-refractivity contribution in [3.05, 3.63) is 22.3 Å². The van der Waals surface area contributed by atoms with Crippen LogP contribution in [0.4, 0.5) is 0 Å². The Morgan fingerprint density at radius 1 is 0.398 bits per heavy atom. The van der Waals surface area contributed by atoms with E-state index >= 15 is 0 Å². The number of hydrogen-bond acceptors (Lipinski definition) is 18. The van der Waals surface area contributed by atoms with Crippen molar-refractivity contribution in [1.29, 1.82) is 0 Å². The third-order valence-electron chi connectivity index (χ3n) is 14.7. The Morgan fingerprint density at radius 3 is 1.07 bits per heavy atom. The highest BCUT2D eigenvalue weighted by molar-refractivity contribution is 5.74. The number of ether oxygens (including phenoxy) is 15. The number of aliphatic hydroxyl groups is 1. The molecule has 0 saturated carbocycles. The van der Waals surface area contributed by atoms with Crippen LogP contribution in [-0.2, 0) is 77.6 Å². The molecule has 1 aliphatic heterocycles. The lowest BCUT2D eigenvalue weighted by atomic mass is 9.84. The first-order valence-electron chi connectivity index (χ1n) is 32.4. The van der Waals surface area contributed by atoms with Gasteiger partial charge in [-0.25, -0.2) is 0 Å². The molecule has 1 atom stereocenters. The summed E-state index contributed by atoms with van der Waals surface area (Å²) in [6.45, 7) is 22.2. The van der Waals surface area contributed by atoms with Gasteiger partial charge in [-0.15, -0.1) is 0 Å². The number of rotatable bonds is 63. The molecular formula is C65H118O18. The van der Waals surface area contributed by atoms with Crippen molar-refractivity contribution in [2.24, 2.45) is 0 Å². The molecule has 1 aromatic carbocycles. The number of aliphatic hydroxyl groups excluding tert-OH is 1. The molecule has 18 nitrogen and oxygen atoms in total. The van der Waals surface area contributed by atoms with Crippen molar-refractivity contribution in [3.8, 4) is 11.5 Å². The molecule has 486 valence electrons. The molecule has 1 aliphatic rings. The monoisotopic (exact) mass is 1190 g/mol. The van der Waals surface area contributed by atoms with Crippen molar-refractivity contribution in [3.63, 3.8) is 0 Å². The fourth-order valence-corrected chi connectivity index (χ4v) is 9.59. The van der Waals surface area contributed by atoms with Crippen molar-refractivity contribution < 1.29 is 85.7 Å². The highest BCUT2D eigenvalue weighted by Crippen LogP contribution is 2.45. The van der Waals surface area contributed by atoms with Gasteiger partial charge in [-0.05, 0) is 82.9 Å². The highest BCUT2D eigenvalue weighted by Gasteiger charge is 2.34. The van der Waals surface area contributed by atoms with E-state index in [1.165, 1.54) is 95.5 Å². The molecule has 2 rings (SSSR count). The topological polar surface area (TPSA) is 193 Å². The predicted octanol–water partition coefficient (Wildman–Crippen LogP) is 11.3. The summed E-state index contributed by atoms with van der Waals surface area (Å²) in [5.41, 5.74) is 4.17.